The lowest BCUT2D eigenvalue weighted by Crippen LogP contribution is -2.28. The van der Waals surface area contributed by atoms with Crippen LogP contribution in [0.3, 0.4) is 0 Å². The van der Waals surface area contributed by atoms with Gasteiger partial charge in [0, 0.05) is 16.7 Å². The van der Waals surface area contributed by atoms with Gasteiger partial charge in [-0.05, 0) is 83.2 Å². The fraction of sp³-hybridized carbons (Fsp3) is 0.0164. The van der Waals surface area contributed by atoms with Crippen molar-refractivity contribution in [3.05, 3.63) is 265 Å². The Morgan fingerprint density at radius 2 is 0.794 bits per heavy atom. The number of hydrogen-bond acceptors (Lipinski definition) is 2. The van der Waals surface area contributed by atoms with Crippen molar-refractivity contribution in [2.45, 2.75) is 5.41 Å². The second kappa shape index (κ2) is 15.1. The Balaban J connectivity index is 1.09. The minimum absolute atomic E-state index is 0.520. The summed E-state index contributed by atoms with van der Waals surface area (Å²) in [6, 6.07) is 87.8. The summed E-state index contributed by atoms with van der Waals surface area (Å²) in [5, 5.41) is 4.81. The van der Waals surface area contributed by atoms with E-state index in [1.165, 1.54) is 66.2 Å². The molecule has 0 atom stereocenters. The Morgan fingerprint density at radius 3 is 1.48 bits per heavy atom. The molecular weight excluding hydrogens is 761 g/mol. The average molecular weight is 801 g/mol. The topological polar surface area (TPSA) is 25.8 Å². The lowest BCUT2D eigenvalue weighted by Gasteiger charge is -2.34. The molecule has 1 heterocycles. The Hall–Kier alpha value is -8.20. The highest BCUT2D eigenvalue weighted by atomic mass is 14.9. The normalized spacial score (nSPS) is 12.6. The Kier molecular flexibility index (Phi) is 8.76. The van der Waals surface area contributed by atoms with Crippen molar-refractivity contribution in [2.75, 3.05) is 0 Å². The Bertz CT molecular complexity index is 3430. The third kappa shape index (κ3) is 5.95. The van der Waals surface area contributed by atoms with Crippen molar-refractivity contribution in [3.8, 4) is 67.3 Å². The zero-order valence-electron chi connectivity index (χ0n) is 34.5. The van der Waals surface area contributed by atoms with Gasteiger partial charge in [0.25, 0.3) is 0 Å². The monoisotopic (exact) mass is 800 g/mol. The number of hydrogen-bond donors (Lipinski definition) is 0. The van der Waals surface area contributed by atoms with Gasteiger partial charge < -0.3 is 0 Å². The molecule has 0 bridgehead atoms. The average Bonchev–Trinajstić information content (AvgIpc) is 3.69. The van der Waals surface area contributed by atoms with E-state index in [2.05, 4.69) is 231 Å². The van der Waals surface area contributed by atoms with Crippen LogP contribution in [0.5, 0.6) is 0 Å². The molecule has 11 aromatic rings. The van der Waals surface area contributed by atoms with Gasteiger partial charge in [-0.15, -0.1) is 0 Å². The third-order valence-electron chi connectivity index (χ3n) is 13.0. The first-order valence-electron chi connectivity index (χ1n) is 21.7. The van der Waals surface area contributed by atoms with E-state index in [1.54, 1.807) is 0 Å². The van der Waals surface area contributed by atoms with E-state index in [0.717, 1.165) is 39.0 Å². The summed E-state index contributed by atoms with van der Waals surface area (Å²) in [6.45, 7) is 0. The minimum atomic E-state index is -0.520. The molecule has 0 unspecified atom stereocenters. The van der Waals surface area contributed by atoms with Gasteiger partial charge in [-0.2, -0.15) is 0 Å². The van der Waals surface area contributed by atoms with Crippen LogP contribution in [0.2, 0.25) is 0 Å². The van der Waals surface area contributed by atoms with E-state index >= 15 is 0 Å². The lowest BCUT2D eigenvalue weighted by atomic mass is 9.67. The van der Waals surface area contributed by atoms with Gasteiger partial charge in [0.15, 0.2) is 5.82 Å². The standard InChI is InChI=1S/C61H40N2/c1-5-18-41(19-6-1)42-32-34-45(35-33-42)60-62-56(44-21-7-2-8-22-44)40-57(63-60)52-38-37-51(49-28-15-16-29-50(49)52)53-30-17-31-54-59(53)58-48-27-14-13-20-43(48)36-39-55(58)61(54,46-23-9-3-10-24-46)47-25-11-4-12-26-47/h1-40H. The molecule has 12 rings (SSSR count). The largest absolute Gasteiger partial charge is 0.228 e. The molecule has 0 N–H and O–H groups in total. The SMILES string of the molecule is c1ccc(-c2ccc(-c3nc(-c4ccccc4)cc(-c4ccc(-c5cccc6c5-c5c(ccc7ccccc57)C6(c5ccccc5)c5ccccc5)c5ccccc45)n3)cc2)cc1. The quantitative estimate of drug-likeness (QED) is 0.160. The fourth-order valence-corrected chi connectivity index (χ4v) is 10.2. The molecule has 0 saturated carbocycles. The highest BCUT2D eigenvalue weighted by Crippen LogP contribution is 2.60. The Morgan fingerprint density at radius 1 is 0.286 bits per heavy atom. The second-order valence-corrected chi connectivity index (χ2v) is 16.4. The van der Waals surface area contributed by atoms with Crippen LogP contribution in [-0.2, 0) is 5.41 Å². The van der Waals surface area contributed by atoms with Gasteiger partial charge >= 0.3 is 0 Å². The summed E-state index contributed by atoms with van der Waals surface area (Å²) in [6.07, 6.45) is 0. The molecule has 2 heteroatoms. The molecule has 1 aliphatic rings. The number of nitrogens with zero attached hydrogens (tertiary/aromatic N) is 2. The van der Waals surface area contributed by atoms with Gasteiger partial charge in [0.1, 0.15) is 0 Å². The van der Waals surface area contributed by atoms with E-state index in [-0.39, 0.29) is 0 Å². The first kappa shape index (κ1) is 36.6. The lowest BCUT2D eigenvalue weighted by molar-refractivity contribution is 0.769. The van der Waals surface area contributed by atoms with Gasteiger partial charge in [-0.1, -0.05) is 237 Å². The van der Waals surface area contributed by atoms with Gasteiger partial charge in [-0.25, -0.2) is 9.97 Å². The minimum Gasteiger partial charge on any atom is -0.228 e. The zero-order valence-corrected chi connectivity index (χ0v) is 34.5. The number of benzene rings is 10. The van der Waals surface area contributed by atoms with Crippen LogP contribution in [0.25, 0.3) is 88.8 Å². The maximum absolute atomic E-state index is 5.35. The van der Waals surface area contributed by atoms with Gasteiger partial charge in [-0.3, -0.25) is 0 Å². The molecular formula is C61H40N2. The van der Waals surface area contributed by atoms with Crippen molar-refractivity contribution < 1.29 is 0 Å². The van der Waals surface area contributed by atoms with E-state index in [9.17, 15) is 0 Å². The molecule has 0 aliphatic heterocycles. The molecule has 0 spiro atoms. The Labute approximate surface area is 367 Å². The van der Waals surface area contributed by atoms with Gasteiger partial charge in [0.05, 0.1) is 16.8 Å². The highest BCUT2D eigenvalue weighted by Gasteiger charge is 2.47. The third-order valence-corrected chi connectivity index (χ3v) is 13.0. The zero-order chi connectivity index (χ0) is 41.7. The van der Waals surface area contributed by atoms with Crippen LogP contribution < -0.4 is 0 Å². The highest BCUT2D eigenvalue weighted by molar-refractivity contribution is 6.12. The smallest absolute Gasteiger partial charge is 0.160 e. The van der Waals surface area contributed by atoms with Crippen LogP contribution in [-0.4, -0.2) is 9.97 Å². The molecule has 10 aromatic carbocycles. The number of fused-ring (bicyclic) bond motifs is 6. The molecule has 63 heavy (non-hydrogen) atoms. The predicted molar refractivity (Wildman–Crippen MR) is 262 cm³/mol. The van der Waals surface area contributed by atoms with Crippen molar-refractivity contribution in [1.29, 1.82) is 0 Å². The maximum Gasteiger partial charge on any atom is 0.160 e. The molecule has 0 radical (unpaired) electrons. The summed E-state index contributed by atoms with van der Waals surface area (Å²) >= 11 is 0. The van der Waals surface area contributed by atoms with Crippen LogP contribution >= 0.6 is 0 Å². The van der Waals surface area contributed by atoms with Crippen molar-refractivity contribution in [1.82, 2.24) is 9.97 Å². The van der Waals surface area contributed by atoms with Crippen LogP contribution in [0.1, 0.15) is 22.3 Å². The molecule has 294 valence electrons. The predicted octanol–water partition coefficient (Wildman–Crippen LogP) is 15.5. The van der Waals surface area contributed by atoms with Gasteiger partial charge in [0.2, 0.25) is 0 Å². The second-order valence-electron chi connectivity index (χ2n) is 16.4. The summed E-state index contributed by atoms with van der Waals surface area (Å²) in [5.74, 6) is 0.696. The summed E-state index contributed by atoms with van der Waals surface area (Å²) in [5.41, 5.74) is 16.8. The maximum atomic E-state index is 5.35. The number of aromatic nitrogens is 2. The summed E-state index contributed by atoms with van der Waals surface area (Å²) in [7, 11) is 0. The molecule has 2 nitrogen and oxygen atoms in total. The van der Waals surface area contributed by atoms with E-state index < -0.39 is 5.41 Å². The summed E-state index contributed by atoms with van der Waals surface area (Å²) in [4.78, 5) is 10.5. The van der Waals surface area contributed by atoms with Crippen molar-refractivity contribution >= 4 is 21.5 Å². The van der Waals surface area contributed by atoms with Crippen LogP contribution in [0, 0.1) is 0 Å². The molecule has 1 aliphatic carbocycles. The van der Waals surface area contributed by atoms with Crippen molar-refractivity contribution in [2.24, 2.45) is 0 Å². The molecule has 0 amide bonds. The van der Waals surface area contributed by atoms with Crippen LogP contribution in [0.15, 0.2) is 243 Å². The molecule has 0 fully saturated rings. The first-order valence-corrected chi connectivity index (χ1v) is 21.7. The summed E-state index contributed by atoms with van der Waals surface area (Å²) < 4.78 is 0. The number of rotatable bonds is 7. The molecule has 1 aromatic heterocycles. The molecule has 0 saturated heterocycles. The van der Waals surface area contributed by atoms with Crippen molar-refractivity contribution in [3.63, 3.8) is 0 Å². The van der Waals surface area contributed by atoms with E-state index in [1.807, 2.05) is 12.1 Å². The first-order chi connectivity index (χ1) is 31.3. The van der Waals surface area contributed by atoms with E-state index in [4.69, 9.17) is 9.97 Å². The van der Waals surface area contributed by atoms with E-state index in [0.29, 0.717) is 5.82 Å². The van der Waals surface area contributed by atoms with Crippen LogP contribution in [0.4, 0.5) is 0 Å². The fourth-order valence-electron chi connectivity index (χ4n) is 10.2.